The Morgan fingerprint density at radius 2 is 2.08 bits per heavy atom. The summed E-state index contributed by atoms with van der Waals surface area (Å²) in [6.45, 7) is 8.43. The smallest absolute Gasteiger partial charge is 0.220 e. The van der Waals surface area contributed by atoms with Crippen molar-refractivity contribution in [3.63, 3.8) is 0 Å². The third-order valence-electron chi connectivity index (χ3n) is 5.50. The van der Waals surface area contributed by atoms with Crippen LogP contribution in [0.25, 0.3) is 10.9 Å². The zero-order chi connectivity index (χ0) is 17.6. The first kappa shape index (κ1) is 18.0. The topological polar surface area (TPSA) is 37.3 Å². The van der Waals surface area contributed by atoms with Gasteiger partial charge in [0.25, 0.3) is 0 Å². The first-order valence-corrected chi connectivity index (χ1v) is 9.80. The van der Waals surface area contributed by atoms with Gasteiger partial charge >= 0.3 is 0 Å². The van der Waals surface area contributed by atoms with Crippen LogP contribution in [0.5, 0.6) is 0 Å². The summed E-state index contributed by atoms with van der Waals surface area (Å²) in [5, 5.41) is 4.47. The second kappa shape index (κ2) is 8.52. The lowest BCUT2D eigenvalue weighted by Crippen LogP contribution is -2.39. The molecule has 2 aromatic rings. The van der Waals surface area contributed by atoms with Crippen LogP contribution in [0.4, 0.5) is 0 Å². The number of nitrogens with one attached hydrogen (secondary N) is 1. The van der Waals surface area contributed by atoms with Crippen LogP contribution in [0.3, 0.4) is 0 Å². The molecule has 1 atom stereocenters. The summed E-state index contributed by atoms with van der Waals surface area (Å²) in [5.41, 5.74) is 2.66. The number of likely N-dealkylation sites (N-methyl/N-ethyl adjacent to an activating group) is 1. The standard InChI is InChI=1S/C21H31N3O/c1-3-23-14-8-10-18(23)15-22-21(25)13-7-9-17-16-24(4-2)20-12-6-5-11-19(17)20/h5-6,11-12,16,18H,3-4,7-10,13-15H2,1-2H3,(H,22,25)/t18-/m0/s1. The number of para-hydroxylation sites is 1. The lowest BCUT2D eigenvalue weighted by atomic mass is 10.1. The molecule has 4 heteroatoms. The van der Waals surface area contributed by atoms with Gasteiger partial charge < -0.3 is 9.88 Å². The number of hydrogen-bond acceptors (Lipinski definition) is 2. The number of aromatic nitrogens is 1. The normalized spacial score (nSPS) is 18.1. The number of benzene rings is 1. The van der Waals surface area contributed by atoms with E-state index in [2.05, 4.69) is 59.1 Å². The van der Waals surface area contributed by atoms with E-state index in [1.165, 1.54) is 35.9 Å². The Balaban J connectivity index is 1.47. The number of amides is 1. The predicted octanol–water partition coefficient (Wildman–Crippen LogP) is 3.58. The van der Waals surface area contributed by atoms with Crippen LogP contribution in [0.2, 0.25) is 0 Å². The van der Waals surface area contributed by atoms with E-state index in [-0.39, 0.29) is 5.91 Å². The molecule has 136 valence electrons. The van der Waals surface area contributed by atoms with E-state index >= 15 is 0 Å². The van der Waals surface area contributed by atoms with Crippen molar-refractivity contribution in [1.29, 1.82) is 0 Å². The van der Waals surface area contributed by atoms with Crippen LogP contribution < -0.4 is 5.32 Å². The number of likely N-dealkylation sites (tertiary alicyclic amines) is 1. The van der Waals surface area contributed by atoms with Gasteiger partial charge in [0.1, 0.15) is 0 Å². The second-order valence-corrected chi connectivity index (χ2v) is 7.04. The highest BCUT2D eigenvalue weighted by molar-refractivity contribution is 5.84. The van der Waals surface area contributed by atoms with Crippen molar-refractivity contribution in [2.24, 2.45) is 0 Å². The van der Waals surface area contributed by atoms with E-state index in [0.29, 0.717) is 12.5 Å². The van der Waals surface area contributed by atoms with Crippen LogP contribution in [0.15, 0.2) is 30.5 Å². The van der Waals surface area contributed by atoms with Gasteiger partial charge in [0.05, 0.1) is 0 Å². The summed E-state index contributed by atoms with van der Waals surface area (Å²) in [4.78, 5) is 14.6. The monoisotopic (exact) mass is 341 g/mol. The molecule has 1 fully saturated rings. The molecule has 1 aliphatic heterocycles. The summed E-state index contributed by atoms with van der Waals surface area (Å²) < 4.78 is 2.30. The van der Waals surface area contributed by atoms with Crippen molar-refractivity contribution in [2.75, 3.05) is 19.6 Å². The summed E-state index contributed by atoms with van der Waals surface area (Å²) in [6.07, 6.45) is 7.21. The molecule has 0 saturated carbocycles. The van der Waals surface area contributed by atoms with Gasteiger partial charge in [-0.15, -0.1) is 0 Å². The van der Waals surface area contributed by atoms with E-state index in [1.807, 2.05) is 0 Å². The van der Waals surface area contributed by atoms with Crippen molar-refractivity contribution < 1.29 is 4.79 Å². The number of carbonyl (C=O) groups is 1. The van der Waals surface area contributed by atoms with E-state index < -0.39 is 0 Å². The molecule has 3 rings (SSSR count). The van der Waals surface area contributed by atoms with Crippen LogP contribution in [0.1, 0.15) is 45.1 Å². The van der Waals surface area contributed by atoms with Gasteiger partial charge in [0.2, 0.25) is 5.91 Å². The number of rotatable bonds is 8. The molecule has 0 aliphatic carbocycles. The molecule has 0 spiro atoms. The molecule has 1 saturated heterocycles. The Hall–Kier alpha value is -1.81. The zero-order valence-corrected chi connectivity index (χ0v) is 15.6. The van der Waals surface area contributed by atoms with E-state index in [0.717, 1.165) is 32.5 Å². The molecular formula is C21H31N3O. The van der Waals surface area contributed by atoms with Crippen LogP contribution >= 0.6 is 0 Å². The number of hydrogen-bond donors (Lipinski definition) is 1. The first-order chi connectivity index (χ1) is 12.2. The average molecular weight is 341 g/mol. The van der Waals surface area contributed by atoms with Gasteiger partial charge in [-0.25, -0.2) is 0 Å². The van der Waals surface area contributed by atoms with Crippen molar-refractivity contribution in [3.8, 4) is 0 Å². The minimum absolute atomic E-state index is 0.196. The number of fused-ring (bicyclic) bond motifs is 1. The second-order valence-electron chi connectivity index (χ2n) is 7.04. The third-order valence-corrected chi connectivity index (χ3v) is 5.50. The fraction of sp³-hybridized carbons (Fsp3) is 0.571. The largest absolute Gasteiger partial charge is 0.355 e. The maximum Gasteiger partial charge on any atom is 0.220 e. The van der Waals surface area contributed by atoms with Crippen molar-refractivity contribution >= 4 is 16.8 Å². The highest BCUT2D eigenvalue weighted by Crippen LogP contribution is 2.23. The lowest BCUT2D eigenvalue weighted by Gasteiger charge is -2.22. The Morgan fingerprint density at radius 3 is 2.88 bits per heavy atom. The van der Waals surface area contributed by atoms with E-state index in [4.69, 9.17) is 0 Å². The third kappa shape index (κ3) is 4.24. The predicted molar refractivity (Wildman–Crippen MR) is 104 cm³/mol. The maximum atomic E-state index is 12.2. The number of aryl methyl sites for hydroxylation is 2. The van der Waals surface area contributed by atoms with Gasteiger partial charge in [-0.3, -0.25) is 9.69 Å². The minimum Gasteiger partial charge on any atom is -0.355 e. The minimum atomic E-state index is 0.196. The highest BCUT2D eigenvalue weighted by Gasteiger charge is 2.22. The van der Waals surface area contributed by atoms with Crippen LogP contribution in [-0.4, -0.2) is 41.1 Å². The van der Waals surface area contributed by atoms with Crippen LogP contribution in [-0.2, 0) is 17.8 Å². The van der Waals surface area contributed by atoms with Crippen LogP contribution in [0, 0.1) is 0 Å². The SMILES string of the molecule is CCN1CCC[C@H]1CNC(=O)CCCc1cn(CC)c2ccccc12. The van der Waals surface area contributed by atoms with Crippen molar-refractivity contribution in [1.82, 2.24) is 14.8 Å². The fourth-order valence-electron chi connectivity index (χ4n) is 4.09. The quantitative estimate of drug-likeness (QED) is 0.797. The van der Waals surface area contributed by atoms with E-state index in [1.54, 1.807) is 0 Å². The van der Waals surface area contributed by atoms with Crippen molar-refractivity contribution in [3.05, 3.63) is 36.0 Å². The highest BCUT2D eigenvalue weighted by atomic mass is 16.1. The molecule has 0 unspecified atom stereocenters. The summed E-state index contributed by atoms with van der Waals surface area (Å²) >= 11 is 0. The maximum absolute atomic E-state index is 12.2. The molecule has 4 nitrogen and oxygen atoms in total. The first-order valence-electron chi connectivity index (χ1n) is 9.80. The summed E-state index contributed by atoms with van der Waals surface area (Å²) in [7, 11) is 0. The van der Waals surface area contributed by atoms with Crippen molar-refractivity contribution in [2.45, 2.75) is 58.5 Å². The molecule has 0 bridgehead atoms. The zero-order valence-electron chi connectivity index (χ0n) is 15.6. The molecule has 1 aromatic carbocycles. The molecule has 1 N–H and O–H groups in total. The molecule has 1 aliphatic rings. The van der Waals surface area contributed by atoms with E-state index in [9.17, 15) is 4.79 Å². The van der Waals surface area contributed by atoms with Gasteiger partial charge in [0, 0.05) is 42.7 Å². The summed E-state index contributed by atoms with van der Waals surface area (Å²) in [5.74, 6) is 0.196. The number of nitrogens with zero attached hydrogens (tertiary/aromatic N) is 2. The Kier molecular flexibility index (Phi) is 6.14. The molecule has 2 heterocycles. The Labute approximate surface area is 151 Å². The molecule has 1 amide bonds. The molecule has 0 radical (unpaired) electrons. The lowest BCUT2D eigenvalue weighted by molar-refractivity contribution is -0.121. The van der Waals surface area contributed by atoms with Gasteiger partial charge in [-0.05, 0) is 57.3 Å². The summed E-state index contributed by atoms with van der Waals surface area (Å²) in [6, 6.07) is 9.09. The Morgan fingerprint density at radius 1 is 1.24 bits per heavy atom. The molecule has 1 aromatic heterocycles. The molecule has 25 heavy (non-hydrogen) atoms. The number of carbonyl (C=O) groups excluding carboxylic acids is 1. The van der Waals surface area contributed by atoms with Gasteiger partial charge in [-0.1, -0.05) is 25.1 Å². The molecular weight excluding hydrogens is 310 g/mol. The van der Waals surface area contributed by atoms with Gasteiger partial charge in [0.15, 0.2) is 0 Å². The van der Waals surface area contributed by atoms with Gasteiger partial charge in [-0.2, -0.15) is 0 Å². The average Bonchev–Trinajstić information content (AvgIpc) is 3.24. The fourth-order valence-corrected chi connectivity index (χ4v) is 4.09. The Bertz CT molecular complexity index is 706.